The van der Waals surface area contributed by atoms with Gasteiger partial charge in [-0.15, -0.1) is 0 Å². The van der Waals surface area contributed by atoms with Crippen molar-refractivity contribution in [3.63, 3.8) is 0 Å². The topological polar surface area (TPSA) is 24.9 Å². The highest BCUT2D eigenvalue weighted by Gasteiger charge is 2.19. The zero-order chi connectivity index (χ0) is 9.10. The zero-order valence-corrected chi connectivity index (χ0v) is 8.03. The zero-order valence-electron chi connectivity index (χ0n) is 8.03. The molecule has 0 aromatic carbocycles. The first-order chi connectivity index (χ1) is 6.36. The van der Waals surface area contributed by atoms with E-state index in [0.29, 0.717) is 6.04 Å². The monoisotopic (exact) mass is 176 g/mol. The summed E-state index contributed by atoms with van der Waals surface area (Å²) in [5.41, 5.74) is 1.34. The van der Waals surface area contributed by atoms with E-state index in [1.54, 1.807) is 0 Å². The van der Waals surface area contributed by atoms with Crippen LogP contribution in [0.2, 0.25) is 0 Å². The Morgan fingerprint density at radius 3 is 2.62 bits per heavy atom. The van der Waals surface area contributed by atoms with Gasteiger partial charge in [-0.25, -0.2) is 0 Å². The number of pyridine rings is 1. The Balaban J connectivity index is 1.92. The second-order valence-corrected chi connectivity index (χ2v) is 3.80. The number of hydrogen-bond donors (Lipinski definition) is 1. The lowest BCUT2D eigenvalue weighted by Gasteiger charge is -2.30. The van der Waals surface area contributed by atoms with Crippen LogP contribution < -0.4 is 5.32 Å². The molecule has 1 atom stereocenters. The predicted octanol–water partition coefficient (Wildman–Crippen LogP) is 2.28. The molecular formula is C11H16N2. The minimum Gasteiger partial charge on any atom is -0.307 e. The van der Waals surface area contributed by atoms with Crippen LogP contribution in [-0.2, 0) is 0 Å². The van der Waals surface area contributed by atoms with Gasteiger partial charge < -0.3 is 5.32 Å². The number of aromatic nitrogens is 1. The Hall–Kier alpha value is -0.890. The number of nitrogens with zero attached hydrogens (tertiary/aromatic N) is 1. The lowest BCUT2D eigenvalue weighted by Crippen LogP contribution is -2.36. The van der Waals surface area contributed by atoms with Gasteiger partial charge in [0.25, 0.3) is 0 Å². The van der Waals surface area contributed by atoms with Gasteiger partial charge in [0.2, 0.25) is 0 Å². The fourth-order valence-electron chi connectivity index (χ4n) is 1.68. The molecule has 0 saturated heterocycles. The molecule has 0 unspecified atom stereocenters. The molecule has 1 N–H and O–H groups in total. The quantitative estimate of drug-likeness (QED) is 0.764. The van der Waals surface area contributed by atoms with Gasteiger partial charge in [0.05, 0.1) is 0 Å². The van der Waals surface area contributed by atoms with Crippen molar-refractivity contribution in [1.29, 1.82) is 0 Å². The maximum absolute atomic E-state index is 4.01. The minimum atomic E-state index is 0.466. The van der Waals surface area contributed by atoms with Crippen LogP contribution in [0.5, 0.6) is 0 Å². The first-order valence-electron chi connectivity index (χ1n) is 5.02. The molecule has 2 nitrogen and oxygen atoms in total. The predicted molar refractivity (Wildman–Crippen MR) is 53.4 cm³/mol. The van der Waals surface area contributed by atoms with E-state index in [4.69, 9.17) is 0 Å². The van der Waals surface area contributed by atoms with Gasteiger partial charge in [0, 0.05) is 24.5 Å². The van der Waals surface area contributed by atoms with Crippen LogP contribution in [0.4, 0.5) is 0 Å². The molecule has 0 aliphatic heterocycles. The smallest absolute Gasteiger partial charge is 0.0295 e. The van der Waals surface area contributed by atoms with Gasteiger partial charge in [0.1, 0.15) is 0 Å². The van der Waals surface area contributed by atoms with Gasteiger partial charge in [-0.1, -0.05) is 6.42 Å². The van der Waals surface area contributed by atoms with Crippen LogP contribution in [0.1, 0.15) is 37.8 Å². The van der Waals surface area contributed by atoms with E-state index < -0.39 is 0 Å². The highest BCUT2D eigenvalue weighted by atomic mass is 15.0. The van der Waals surface area contributed by atoms with Gasteiger partial charge in [0.15, 0.2) is 0 Å². The molecule has 13 heavy (non-hydrogen) atoms. The Labute approximate surface area is 79.4 Å². The van der Waals surface area contributed by atoms with E-state index in [1.165, 1.54) is 24.8 Å². The summed E-state index contributed by atoms with van der Waals surface area (Å²) in [7, 11) is 0. The molecule has 2 rings (SSSR count). The van der Waals surface area contributed by atoms with Crippen LogP contribution in [0.25, 0.3) is 0 Å². The molecule has 1 aromatic rings. The minimum absolute atomic E-state index is 0.466. The van der Waals surface area contributed by atoms with Crippen molar-refractivity contribution >= 4 is 0 Å². The second-order valence-electron chi connectivity index (χ2n) is 3.80. The number of rotatable bonds is 3. The van der Waals surface area contributed by atoms with E-state index in [9.17, 15) is 0 Å². The third-order valence-electron chi connectivity index (χ3n) is 2.80. The van der Waals surface area contributed by atoms with Crippen molar-refractivity contribution in [2.75, 3.05) is 0 Å². The molecule has 1 fully saturated rings. The fraction of sp³-hybridized carbons (Fsp3) is 0.545. The third-order valence-corrected chi connectivity index (χ3v) is 2.80. The van der Waals surface area contributed by atoms with E-state index >= 15 is 0 Å². The van der Waals surface area contributed by atoms with E-state index in [1.807, 2.05) is 12.4 Å². The molecule has 1 heterocycles. The average molecular weight is 176 g/mol. The molecule has 1 aliphatic carbocycles. The van der Waals surface area contributed by atoms with E-state index in [2.05, 4.69) is 29.4 Å². The normalized spacial score (nSPS) is 19.5. The SMILES string of the molecule is C[C@@H](NC1CCC1)c1ccncc1. The summed E-state index contributed by atoms with van der Waals surface area (Å²) in [6.45, 7) is 2.22. The van der Waals surface area contributed by atoms with Crippen LogP contribution in [-0.4, -0.2) is 11.0 Å². The Bertz CT molecular complexity index is 254. The van der Waals surface area contributed by atoms with Crippen molar-refractivity contribution in [1.82, 2.24) is 10.3 Å². The molecule has 0 spiro atoms. The lowest BCUT2D eigenvalue weighted by atomic mass is 9.92. The molecule has 1 aliphatic rings. The summed E-state index contributed by atoms with van der Waals surface area (Å²) in [6, 6.07) is 5.38. The summed E-state index contributed by atoms with van der Waals surface area (Å²) in [4.78, 5) is 4.01. The van der Waals surface area contributed by atoms with Gasteiger partial charge in [-0.2, -0.15) is 0 Å². The molecule has 70 valence electrons. The fourth-order valence-corrected chi connectivity index (χ4v) is 1.68. The number of nitrogens with one attached hydrogen (secondary N) is 1. The second kappa shape index (κ2) is 3.88. The lowest BCUT2D eigenvalue weighted by molar-refractivity contribution is 0.313. The maximum atomic E-state index is 4.01. The summed E-state index contributed by atoms with van der Waals surface area (Å²) in [6.07, 6.45) is 7.79. The molecule has 1 saturated carbocycles. The van der Waals surface area contributed by atoms with Crippen molar-refractivity contribution in [3.05, 3.63) is 30.1 Å². The average Bonchev–Trinajstić information content (AvgIpc) is 2.12. The van der Waals surface area contributed by atoms with Crippen LogP contribution in [0, 0.1) is 0 Å². The molecule has 1 aromatic heterocycles. The van der Waals surface area contributed by atoms with Crippen LogP contribution in [0.3, 0.4) is 0 Å². The summed E-state index contributed by atoms with van der Waals surface area (Å²) >= 11 is 0. The molecular weight excluding hydrogens is 160 g/mol. The van der Waals surface area contributed by atoms with Crippen molar-refractivity contribution < 1.29 is 0 Å². The summed E-state index contributed by atoms with van der Waals surface area (Å²) < 4.78 is 0. The molecule has 0 bridgehead atoms. The Morgan fingerprint density at radius 2 is 2.08 bits per heavy atom. The summed E-state index contributed by atoms with van der Waals surface area (Å²) in [5.74, 6) is 0. The van der Waals surface area contributed by atoms with Crippen molar-refractivity contribution in [2.24, 2.45) is 0 Å². The standard InChI is InChI=1S/C11H16N2/c1-9(13-11-3-2-4-11)10-5-7-12-8-6-10/h5-9,11,13H,2-4H2,1H3/t9-/m1/s1. The van der Waals surface area contributed by atoms with Crippen molar-refractivity contribution in [3.8, 4) is 0 Å². The first kappa shape index (κ1) is 8.70. The van der Waals surface area contributed by atoms with E-state index in [0.717, 1.165) is 6.04 Å². The van der Waals surface area contributed by atoms with Crippen LogP contribution >= 0.6 is 0 Å². The Morgan fingerprint density at radius 1 is 1.38 bits per heavy atom. The highest BCUT2D eigenvalue weighted by Crippen LogP contribution is 2.22. The maximum Gasteiger partial charge on any atom is 0.0295 e. The Kier molecular flexibility index (Phi) is 2.60. The molecule has 0 radical (unpaired) electrons. The van der Waals surface area contributed by atoms with Gasteiger partial charge in [-0.3, -0.25) is 4.98 Å². The molecule has 0 amide bonds. The van der Waals surface area contributed by atoms with Gasteiger partial charge >= 0.3 is 0 Å². The molecule has 2 heteroatoms. The third kappa shape index (κ3) is 2.07. The first-order valence-corrected chi connectivity index (χ1v) is 5.02. The number of hydrogen-bond acceptors (Lipinski definition) is 2. The van der Waals surface area contributed by atoms with Crippen LogP contribution in [0.15, 0.2) is 24.5 Å². The van der Waals surface area contributed by atoms with E-state index in [-0.39, 0.29) is 0 Å². The van der Waals surface area contributed by atoms with Gasteiger partial charge in [-0.05, 0) is 37.5 Å². The van der Waals surface area contributed by atoms with Crippen molar-refractivity contribution in [2.45, 2.75) is 38.3 Å². The highest BCUT2D eigenvalue weighted by molar-refractivity contribution is 5.14. The largest absolute Gasteiger partial charge is 0.307 e. The summed E-state index contributed by atoms with van der Waals surface area (Å²) in [5, 5.41) is 3.60.